The zero-order valence-electron chi connectivity index (χ0n) is 15.1. The summed E-state index contributed by atoms with van der Waals surface area (Å²) in [5.74, 6) is 0.427. The zero-order valence-corrected chi connectivity index (χ0v) is 15.1. The molecule has 0 saturated carbocycles. The van der Waals surface area contributed by atoms with Crippen LogP contribution in [0.5, 0.6) is 0 Å². The molecule has 0 bridgehead atoms. The predicted molar refractivity (Wildman–Crippen MR) is 101 cm³/mol. The fourth-order valence-electron chi connectivity index (χ4n) is 2.95. The Kier molecular flexibility index (Phi) is 5.50. The predicted octanol–water partition coefficient (Wildman–Crippen LogP) is 2.44. The fraction of sp³-hybridized carbons (Fsp3) is 0.444. The Morgan fingerprint density at radius 3 is 2.69 bits per heavy atom. The maximum absolute atomic E-state index is 12.6. The average Bonchev–Trinajstić information content (AvgIpc) is 2.67. The molecular weight excluding hydrogens is 334 g/mol. The van der Waals surface area contributed by atoms with Crippen LogP contribution in [0.3, 0.4) is 0 Å². The number of para-hydroxylation sites is 1. The van der Waals surface area contributed by atoms with Gasteiger partial charge >= 0.3 is 6.09 Å². The van der Waals surface area contributed by atoms with Crippen LogP contribution in [0.15, 0.2) is 34.2 Å². The standard InChI is InChI=1S/C18H23N5O3/c1-3-23-16(24)14-7-5-6-8-15(14)19-17(23)21-20-13-9-11-22(12-10-13)18(25)26-4-2/h5-8H,3-4,9-12H2,1-2H3,(H,19,21). The van der Waals surface area contributed by atoms with Gasteiger partial charge in [0.25, 0.3) is 5.56 Å². The first-order valence-electron chi connectivity index (χ1n) is 8.86. The van der Waals surface area contributed by atoms with Gasteiger partial charge in [-0.1, -0.05) is 12.1 Å². The molecule has 8 heteroatoms. The molecule has 0 atom stereocenters. The number of nitrogens with one attached hydrogen (secondary N) is 1. The first kappa shape index (κ1) is 17.9. The summed E-state index contributed by atoms with van der Waals surface area (Å²) < 4.78 is 6.58. The van der Waals surface area contributed by atoms with Crippen molar-refractivity contribution in [1.82, 2.24) is 14.5 Å². The number of hydrazone groups is 1. The van der Waals surface area contributed by atoms with E-state index in [-0.39, 0.29) is 11.7 Å². The molecule has 2 aromatic rings. The monoisotopic (exact) mass is 357 g/mol. The lowest BCUT2D eigenvalue weighted by Gasteiger charge is -2.26. The van der Waals surface area contributed by atoms with E-state index >= 15 is 0 Å². The number of benzene rings is 1. The van der Waals surface area contributed by atoms with Crippen molar-refractivity contribution < 1.29 is 9.53 Å². The van der Waals surface area contributed by atoms with Crippen LogP contribution < -0.4 is 11.0 Å². The van der Waals surface area contributed by atoms with Crippen molar-refractivity contribution >= 4 is 28.7 Å². The number of likely N-dealkylation sites (tertiary alicyclic amines) is 1. The molecule has 0 spiro atoms. The fourth-order valence-corrected chi connectivity index (χ4v) is 2.95. The number of anilines is 1. The summed E-state index contributed by atoms with van der Waals surface area (Å²) in [5.41, 5.74) is 4.44. The lowest BCUT2D eigenvalue weighted by molar-refractivity contribution is 0.107. The molecule has 1 aromatic heterocycles. The summed E-state index contributed by atoms with van der Waals surface area (Å²) in [6, 6.07) is 7.27. The van der Waals surface area contributed by atoms with Crippen LogP contribution in [0.1, 0.15) is 26.7 Å². The first-order chi connectivity index (χ1) is 12.6. The number of piperidine rings is 1. The Hall–Kier alpha value is -2.90. The molecule has 1 saturated heterocycles. The second-order valence-corrected chi connectivity index (χ2v) is 5.98. The Labute approximate surface area is 151 Å². The highest BCUT2D eigenvalue weighted by molar-refractivity contribution is 5.87. The zero-order chi connectivity index (χ0) is 18.5. The van der Waals surface area contributed by atoms with Gasteiger partial charge in [-0.2, -0.15) is 5.10 Å². The molecule has 3 rings (SSSR count). The SMILES string of the molecule is CCOC(=O)N1CCC(=NNc2nc3ccccc3c(=O)n2CC)CC1. The van der Waals surface area contributed by atoms with E-state index in [2.05, 4.69) is 15.5 Å². The van der Waals surface area contributed by atoms with Gasteiger partial charge in [-0.15, -0.1) is 0 Å². The molecule has 0 radical (unpaired) electrons. The molecule has 1 N–H and O–H groups in total. The normalized spacial score (nSPS) is 14.4. The van der Waals surface area contributed by atoms with Crippen molar-refractivity contribution in [2.75, 3.05) is 25.1 Å². The van der Waals surface area contributed by atoms with Crippen molar-refractivity contribution in [3.63, 3.8) is 0 Å². The van der Waals surface area contributed by atoms with E-state index in [9.17, 15) is 9.59 Å². The Balaban J connectivity index is 1.75. The van der Waals surface area contributed by atoms with Crippen LogP contribution in [-0.4, -0.2) is 46.0 Å². The molecule has 138 valence electrons. The molecule has 1 aromatic carbocycles. The van der Waals surface area contributed by atoms with Gasteiger partial charge < -0.3 is 9.64 Å². The van der Waals surface area contributed by atoms with Crippen LogP contribution in [0.4, 0.5) is 10.7 Å². The molecule has 0 aliphatic carbocycles. The number of aromatic nitrogens is 2. The summed E-state index contributed by atoms with van der Waals surface area (Å²) >= 11 is 0. The number of nitrogens with zero attached hydrogens (tertiary/aromatic N) is 4. The highest BCUT2D eigenvalue weighted by Gasteiger charge is 2.20. The maximum Gasteiger partial charge on any atom is 0.409 e. The van der Waals surface area contributed by atoms with Crippen LogP contribution in [-0.2, 0) is 11.3 Å². The molecule has 8 nitrogen and oxygen atoms in total. The van der Waals surface area contributed by atoms with Gasteiger partial charge in [0.15, 0.2) is 0 Å². The summed E-state index contributed by atoms with van der Waals surface area (Å²) in [6.07, 6.45) is 1.04. The number of ether oxygens (including phenoxy) is 1. The highest BCUT2D eigenvalue weighted by Crippen LogP contribution is 2.13. The second kappa shape index (κ2) is 7.99. The Morgan fingerprint density at radius 1 is 1.27 bits per heavy atom. The topological polar surface area (TPSA) is 88.8 Å². The van der Waals surface area contributed by atoms with E-state index in [1.165, 1.54) is 0 Å². The minimum absolute atomic E-state index is 0.0852. The number of fused-ring (bicyclic) bond motifs is 1. The molecule has 1 aliphatic heterocycles. The maximum atomic E-state index is 12.6. The van der Waals surface area contributed by atoms with Crippen molar-refractivity contribution in [3.05, 3.63) is 34.6 Å². The third-order valence-corrected chi connectivity index (χ3v) is 4.36. The van der Waals surface area contributed by atoms with Crippen LogP contribution >= 0.6 is 0 Å². The van der Waals surface area contributed by atoms with E-state index in [0.29, 0.717) is 55.9 Å². The third-order valence-electron chi connectivity index (χ3n) is 4.36. The van der Waals surface area contributed by atoms with Gasteiger partial charge in [0.1, 0.15) is 0 Å². The lowest BCUT2D eigenvalue weighted by atomic mass is 10.1. The number of carbonyl (C=O) groups is 1. The van der Waals surface area contributed by atoms with E-state index in [4.69, 9.17) is 4.74 Å². The summed E-state index contributed by atoms with van der Waals surface area (Å²) in [4.78, 5) is 30.5. The highest BCUT2D eigenvalue weighted by atomic mass is 16.6. The molecule has 2 heterocycles. The second-order valence-electron chi connectivity index (χ2n) is 5.98. The number of hydrogen-bond acceptors (Lipinski definition) is 6. The van der Waals surface area contributed by atoms with Gasteiger partial charge in [-0.05, 0) is 26.0 Å². The van der Waals surface area contributed by atoms with Crippen LogP contribution in [0.25, 0.3) is 10.9 Å². The molecule has 26 heavy (non-hydrogen) atoms. The third kappa shape index (κ3) is 3.68. The van der Waals surface area contributed by atoms with Gasteiger partial charge in [-0.3, -0.25) is 9.36 Å². The van der Waals surface area contributed by atoms with Gasteiger partial charge in [0.05, 0.1) is 17.5 Å². The number of hydrogen-bond donors (Lipinski definition) is 1. The van der Waals surface area contributed by atoms with Crippen molar-refractivity contribution in [1.29, 1.82) is 0 Å². The largest absolute Gasteiger partial charge is 0.450 e. The van der Waals surface area contributed by atoms with E-state index in [1.807, 2.05) is 25.1 Å². The number of carbonyl (C=O) groups excluding carboxylic acids is 1. The van der Waals surface area contributed by atoms with Crippen LogP contribution in [0, 0.1) is 0 Å². The molecule has 1 fully saturated rings. The molecule has 1 aliphatic rings. The first-order valence-corrected chi connectivity index (χ1v) is 8.86. The van der Waals surface area contributed by atoms with Crippen molar-refractivity contribution in [2.24, 2.45) is 5.10 Å². The molecular formula is C18H23N5O3. The molecule has 0 unspecified atom stereocenters. The van der Waals surface area contributed by atoms with Crippen LogP contribution in [0.2, 0.25) is 0 Å². The van der Waals surface area contributed by atoms with Gasteiger partial charge in [0.2, 0.25) is 5.95 Å². The summed E-state index contributed by atoms with van der Waals surface area (Å²) in [7, 11) is 0. The van der Waals surface area contributed by atoms with E-state index in [1.54, 1.807) is 22.5 Å². The number of amides is 1. The minimum atomic E-state index is -0.282. The van der Waals surface area contributed by atoms with Crippen molar-refractivity contribution in [3.8, 4) is 0 Å². The quantitative estimate of drug-likeness (QED) is 0.849. The van der Waals surface area contributed by atoms with Gasteiger partial charge in [0, 0.05) is 38.2 Å². The van der Waals surface area contributed by atoms with E-state index < -0.39 is 0 Å². The molecule has 1 amide bonds. The average molecular weight is 357 g/mol. The summed E-state index contributed by atoms with van der Waals surface area (Å²) in [5, 5.41) is 5.01. The Bertz CT molecular complexity index is 880. The number of rotatable bonds is 4. The van der Waals surface area contributed by atoms with Gasteiger partial charge in [-0.25, -0.2) is 15.2 Å². The van der Waals surface area contributed by atoms with E-state index in [0.717, 1.165) is 5.71 Å². The Morgan fingerprint density at radius 2 is 2.00 bits per heavy atom. The minimum Gasteiger partial charge on any atom is -0.450 e. The summed E-state index contributed by atoms with van der Waals surface area (Å²) in [6.45, 7) is 5.72. The lowest BCUT2D eigenvalue weighted by Crippen LogP contribution is -2.39. The smallest absolute Gasteiger partial charge is 0.409 e. The van der Waals surface area contributed by atoms with Crippen molar-refractivity contribution in [2.45, 2.75) is 33.2 Å².